The minimum Gasteiger partial charge on any atom is -0.354 e. The Morgan fingerprint density at radius 1 is 1.24 bits per heavy atom. The number of non-ortho nitro benzene ring substituents is 1. The first kappa shape index (κ1) is 15.4. The number of rotatable bonds is 5. The fourth-order valence-electron chi connectivity index (χ4n) is 2.69. The summed E-state index contributed by atoms with van der Waals surface area (Å²) in [5.74, 6) is -0.0979. The molecule has 3 N–H and O–H groups in total. The normalized spacial score (nSPS) is 17.2. The molecule has 1 aromatic carbocycles. The smallest absolute Gasteiger partial charge is 0.269 e. The Labute approximate surface area is 123 Å². The third-order valence-electron chi connectivity index (χ3n) is 4.00. The number of nitro groups is 1. The standard InChI is InChI=1S/C15H21N3O3/c16-15(8-2-1-3-9-15)11-17-14(19)10-12-4-6-13(7-5-12)18(20)21/h4-7H,1-3,8-11,16H2,(H,17,19). The van der Waals surface area contributed by atoms with Crippen LogP contribution in [0.2, 0.25) is 0 Å². The maximum Gasteiger partial charge on any atom is 0.269 e. The molecule has 0 aromatic heterocycles. The Morgan fingerprint density at radius 2 is 1.86 bits per heavy atom. The van der Waals surface area contributed by atoms with Crippen LogP contribution >= 0.6 is 0 Å². The van der Waals surface area contributed by atoms with Crippen LogP contribution in [0.1, 0.15) is 37.7 Å². The molecular formula is C15H21N3O3. The third-order valence-corrected chi connectivity index (χ3v) is 4.00. The van der Waals surface area contributed by atoms with Gasteiger partial charge < -0.3 is 11.1 Å². The molecule has 0 bridgehead atoms. The number of nitrogens with one attached hydrogen (secondary N) is 1. The number of benzene rings is 1. The lowest BCUT2D eigenvalue weighted by molar-refractivity contribution is -0.384. The van der Waals surface area contributed by atoms with Crippen molar-refractivity contribution in [2.45, 2.75) is 44.1 Å². The van der Waals surface area contributed by atoms with E-state index in [1.165, 1.54) is 18.6 Å². The van der Waals surface area contributed by atoms with E-state index < -0.39 is 4.92 Å². The van der Waals surface area contributed by atoms with Crippen molar-refractivity contribution in [2.24, 2.45) is 5.73 Å². The second kappa shape index (κ2) is 6.67. The monoisotopic (exact) mass is 291 g/mol. The van der Waals surface area contributed by atoms with Crippen LogP contribution in [0.25, 0.3) is 0 Å². The maximum atomic E-state index is 11.9. The van der Waals surface area contributed by atoms with E-state index in [1.807, 2.05) is 0 Å². The van der Waals surface area contributed by atoms with Crippen LogP contribution in [0.4, 0.5) is 5.69 Å². The molecule has 1 amide bonds. The molecule has 1 aliphatic carbocycles. The molecular weight excluding hydrogens is 270 g/mol. The number of nitrogens with two attached hydrogens (primary N) is 1. The summed E-state index contributed by atoms with van der Waals surface area (Å²) in [5.41, 5.74) is 6.78. The number of hydrogen-bond donors (Lipinski definition) is 2. The summed E-state index contributed by atoms with van der Waals surface area (Å²) in [5, 5.41) is 13.4. The summed E-state index contributed by atoms with van der Waals surface area (Å²) in [7, 11) is 0. The Kier molecular flexibility index (Phi) is 4.90. The number of nitro benzene ring substituents is 1. The Morgan fingerprint density at radius 3 is 2.43 bits per heavy atom. The number of hydrogen-bond acceptors (Lipinski definition) is 4. The number of nitrogens with zero attached hydrogens (tertiary/aromatic N) is 1. The minimum absolute atomic E-state index is 0.0299. The van der Waals surface area contributed by atoms with E-state index >= 15 is 0 Å². The molecule has 0 spiro atoms. The van der Waals surface area contributed by atoms with Crippen LogP contribution in [0, 0.1) is 10.1 Å². The van der Waals surface area contributed by atoms with Crippen LogP contribution in [0.3, 0.4) is 0 Å². The van der Waals surface area contributed by atoms with Gasteiger partial charge in [0, 0.05) is 24.2 Å². The maximum absolute atomic E-state index is 11.9. The lowest BCUT2D eigenvalue weighted by atomic mass is 9.82. The average Bonchev–Trinajstić information content (AvgIpc) is 2.47. The number of carbonyl (C=O) groups excluding carboxylic acids is 1. The minimum atomic E-state index is -0.453. The summed E-state index contributed by atoms with van der Waals surface area (Å²) in [6.45, 7) is 0.499. The van der Waals surface area contributed by atoms with Gasteiger partial charge in [-0.15, -0.1) is 0 Å². The van der Waals surface area contributed by atoms with E-state index in [1.54, 1.807) is 12.1 Å². The third kappa shape index (κ3) is 4.53. The molecule has 6 heteroatoms. The van der Waals surface area contributed by atoms with E-state index in [2.05, 4.69) is 5.32 Å². The van der Waals surface area contributed by atoms with Gasteiger partial charge in [-0.2, -0.15) is 0 Å². The summed E-state index contributed by atoms with van der Waals surface area (Å²) in [6, 6.07) is 6.04. The summed E-state index contributed by atoms with van der Waals surface area (Å²) in [6.07, 6.45) is 5.57. The van der Waals surface area contributed by atoms with Gasteiger partial charge in [0.2, 0.25) is 5.91 Å². The first-order valence-electron chi connectivity index (χ1n) is 7.27. The van der Waals surface area contributed by atoms with Crippen molar-refractivity contribution in [3.63, 3.8) is 0 Å². The van der Waals surface area contributed by atoms with Gasteiger partial charge in [0.1, 0.15) is 0 Å². The Balaban J connectivity index is 1.82. The number of amides is 1. The second-order valence-electron chi connectivity index (χ2n) is 5.80. The average molecular weight is 291 g/mol. The highest BCUT2D eigenvalue weighted by Gasteiger charge is 2.27. The SMILES string of the molecule is NC1(CNC(=O)Cc2ccc([N+](=O)[O-])cc2)CCCCC1. The summed E-state index contributed by atoms with van der Waals surface area (Å²) in [4.78, 5) is 22.0. The molecule has 0 unspecified atom stereocenters. The lowest BCUT2D eigenvalue weighted by Gasteiger charge is -2.33. The van der Waals surface area contributed by atoms with Gasteiger partial charge >= 0.3 is 0 Å². The Bertz CT molecular complexity index is 507. The zero-order valence-electron chi connectivity index (χ0n) is 12.0. The van der Waals surface area contributed by atoms with Crippen molar-refractivity contribution >= 4 is 11.6 Å². The van der Waals surface area contributed by atoms with Gasteiger partial charge in [0.25, 0.3) is 5.69 Å². The van der Waals surface area contributed by atoms with Gasteiger partial charge in [-0.1, -0.05) is 31.4 Å². The first-order chi connectivity index (χ1) is 9.98. The zero-order chi connectivity index (χ0) is 15.3. The van der Waals surface area contributed by atoms with Gasteiger partial charge in [0.05, 0.1) is 11.3 Å². The van der Waals surface area contributed by atoms with Crippen molar-refractivity contribution in [3.05, 3.63) is 39.9 Å². The van der Waals surface area contributed by atoms with E-state index in [0.717, 1.165) is 31.2 Å². The molecule has 1 saturated carbocycles. The van der Waals surface area contributed by atoms with Crippen molar-refractivity contribution in [1.29, 1.82) is 0 Å². The summed E-state index contributed by atoms with van der Waals surface area (Å²) < 4.78 is 0. The van der Waals surface area contributed by atoms with Gasteiger partial charge in [-0.25, -0.2) is 0 Å². The molecule has 21 heavy (non-hydrogen) atoms. The van der Waals surface area contributed by atoms with Crippen LogP contribution in [-0.2, 0) is 11.2 Å². The lowest BCUT2D eigenvalue weighted by Crippen LogP contribution is -2.51. The van der Waals surface area contributed by atoms with E-state index in [4.69, 9.17) is 5.73 Å². The molecule has 0 atom stereocenters. The quantitative estimate of drug-likeness (QED) is 0.639. The van der Waals surface area contributed by atoms with Crippen molar-refractivity contribution < 1.29 is 9.72 Å². The highest BCUT2D eigenvalue weighted by Crippen LogP contribution is 2.25. The fourth-order valence-corrected chi connectivity index (χ4v) is 2.69. The van der Waals surface area contributed by atoms with Gasteiger partial charge in [-0.05, 0) is 18.4 Å². The predicted molar refractivity (Wildman–Crippen MR) is 79.8 cm³/mol. The van der Waals surface area contributed by atoms with Crippen molar-refractivity contribution in [3.8, 4) is 0 Å². The molecule has 0 aliphatic heterocycles. The first-order valence-corrected chi connectivity index (χ1v) is 7.27. The predicted octanol–water partition coefficient (Wildman–Crippen LogP) is 1.92. The molecule has 0 heterocycles. The van der Waals surface area contributed by atoms with Gasteiger partial charge in [0.15, 0.2) is 0 Å². The second-order valence-corrected chi connectivity index (χ2v) is 5.80. The Hall–Kier alpha value is -1.95. The van der Waals surface area contributed by atoms with Crippen LogP contribution in [-0.4, -0.2) is 22.9 Å². The van der Waals surface area contributed by atoms with E-state index in [9.17, 15) is 14.9 Å². The van der Waals surface area contributed by atoms with Gasteiger partial charge in [-0.3, -0.25) is 14.9 Å². The summed E-state index contributed by atoms with van der Waals surface area (Å²) >= 11 is 0. The van der Waals surface area contributed by atoms with Crippen LogP contribution in [0.15, 0.2) is 24.3 Å². The largest absolute Gasteiger partial charge is 0.354 e. The van der Waals surface area contributed by atoms with Crippen LogP contribution < -0.4 is 11.1 Å². The molecule has 1 aliphatic rings. The highest BCUT2D eigenvalue weighted by atomic mass is 16.6. The molecule has 114 valence electrons. The van der Waals surface area contributed by atoms with E-state index in [-0.39, 0.29) is 23.6 Å². The fraction of sp³-hybridized carbons (Fsp3) is 0.533. The number of carbonyl (C=O) groups is 1. The molecule has 6 nitrogen and oxygen atoms in total. The van der Waals surface area contributed by atoms with Crippen LogP contribution in [0.5, 0.6) is 0 Å². The molecule has 0 radical (unpaired) electrons. The molecule has 0 saturated heterocycles. The zero-order valence-corrected chi connectivity index (χ0v) is 12.0. The topological polar surface area (TPSA) is 98.3 Å². The highest BCUT2D eigenvalue weighted by molar-refractivity contribution is 5.78. The molecule has 2 rings (SSSR count). The van der Waals surface area contributed by atoms with E-state index in [0.29, 0.717) is 6.54 Å². The molecule has 1 aromatic rings. The van der Waals surface area contributed by atoms with Crippen molar-refractivity contribution in [2.75, 3.05) is 6.54 Å². The van der Waals surface area contributed by atoms with Crippen molar-refractivity contribution in [1.82, 2.24) is 5.32 Å². The molecule has 1 fully saturated rings.